The summed E-state index contributed by atoms with van der Waals surface area (Å²) in [7, 11) is -4.51. The predicted molar refractivity (Wildman–Crippen MR) is 209 cm³/mol. The van der Waals surface area contributed by atoms with Gasteiger partial charge in [-0.25, -0.2) is 31.3 Å². The number of hydrogen-bond donors (Lipinski definition) is 3. The Hall–Kier alpha value is -4.72. The van der Waals surface area contributed by atoms with Crippen LogP contribution in [0.5, 0.6) is 0 Å². The quantitative estimate of drug-likeness (QED) is 0.117. The fraction of sp³-hybridized carbons (Fsp3) is 0.462. The van der Waals surface area contributed by atoms with E-state index in [2.05, 4.69) is 15.0 Å². The molecule has 2 aromatic carbocycles. The van der Waals surface area contributed by atoms with E-state index in [1.165, 1.54) is 42.6 Å². The first kappa shape index (κ1) is 46.3. The zero-order chi connectivity index (χ0) is 43.3. The van der Waals surface area contributed by atoms with Crippen molar-refractivity contribution >= 4 is 50.9 Å². The van der Waals surface area contributed by atoms with E-state index < -0.39 is 81.0 Å². The van der Waals surface area contributed by atoms with Crippen LogP contribution in [-0.4, -0.2) is 120 Å². The van der Waals surface area contributed by atoms with Gasteiger partial charge in [-0.3, -0.25) is 24.2 Å². The molecule has 1 aromatic heterocycles. The number of pyridine rings is 1. The number of ether oxygens (including phenoxy) is 4. The number of carbonyl (C=O) groups excluding carboxylic acids is 3. The van der Waals surface area contributed by atoms with Gasteiger partial charge in [0.25, 0.3) is 11.8 Å². The van der Waals surface area contributed by atoms with E-state index in [0.29, 0.717) is 25.9 Å². The molecular weight excluding hydrogens is 837 g/mol. The van der Waals surface area contributed by atoms with E-state index in [4.69, 9.17) is 35.7 Å². The molecule has 3 N–H and O–H groups in total. The summed E-state index contributed by atoms with van der Waals surface area (Å²) in [4.78, 5) is 48.0. The Morgan fingerprint density at radius 3 is 2.28 bits per heavy atom. The molecule has 16 nitrogen and oxygen atoms in total. The molecule has 60 heavy (non-hydrogen) atoms. The van der Waals surface area contributed by atoms with E-state index in [9.17, 15) is 36.8 Å². The van der Waals surface area contributed by atoms with Gasteiger partial charge in [-0.2, -0.15) is 5.26 Å². The average molecular weight is 881 g/mol. The van der Waals surface area contributed by atoms with Crippen molar-refractivity contribution in [2.75, 3.05) is 75.8 Å². The normalized spacial score (nSPS) is 16.9. The van der Waals surface area contributed by atoms with Crippen LogP contribution < -0.4 is 19.8 Å². The molecule has 0 bridgehead atoms. The van der Waals surface area contributed by atoms with Gasteiger partial charge in [-0.1, -0.05) is 29.8 Å². The molecule has 1 aliphatic carbocycles. The number of nitriles is 1. The molecule has 324 valence electrons. The summed E-state index contributed by atoms with van der Waals surface area (Å²) in [6.45, 7) is 1.33. The molecule has 0 spiro atoms. The first-order chi connectivity index (χ1) is 28.7. The minimum Gasteiger partial charge on any atom is -0.394 e. The summed E-state index contributed by atoms with van der Waals surface area (Å²) < 4.78 is 94.1. The van der Waals surface area contributed by atoms with Crippen molar-refractivity contribution in [3.8, 4) is 6.07 Å². The minimum atomic E-state index is -4.51. The van der Waals surface area contributed by atoms with Crippen molar-refractivity contribution in [2.24, 2.45) is 0 Å². The van der Waals surface area contributed by atoms with E-state index >= 15 is 4.39 Å². The summed E-state index contributed by atoms with van der Waals surface area (Å²) >= 11 is 6.60. The molecule has 0 radical (unpaired) electrons. The highest BCUT2D eigenvalue weighted by Crippen LogP contribution is 2.40. The lowest BCUT2D eigenvalue weighted by Crippen LogP contribution is -2.56. The van der Waals surface area contributed by atoms with E-state index in [0.717, 1.165) is 21.9 Å². The number of nitrogens with one attached hydrogen (secondary N) is 2. The minimum absolute atomic E-state index is 0.0131. The van der Waals surface area contributed by atoms with Crippen molar-refractivity contribution in [2.45, 2.75) is 54.6 Å². The summed E-state index contributed by atoms with van der Waals surface area (Å²) in [5.74, 6) is -6.75. The molecule has 1 aliphatic heterocycles. The van der Waals surface area contributed by atoms with Crippen molar-refractivity contribution in [1.29, 1.82) is 5.26 Å². The van der Waals surface area contributed by atoms with Gasteiger partial charge in [0.05, 0.1) is 76.0 Å². The molecule has 1 saturated heterocycles. The lowest BCUT2D eigenvalue weighted by Gasteiger charge is -2.39. The molecular formula is C39H44ClF3N6O10S. The monoisotopic (exact) mass is 880 g/mol. The molecule has 3 aromatic rings. The molecule has 2 fully saturated rings. The highest BCUT2D eigenvalue weighted by atomic mass is 35.5. The fourth-order valence-corrected chi connectivity index (χ4v) is 7.83. The first-order valence-electron chi connectivity index (χ1n) is 18.9. The molecule has 2 atom stereocenters. The number of rotatable bonds is 23. The highest BCUT2D eigenvalue weighted by molar-refractivity contribution is 7.89. The number of benzene rings is 2. The van der Waals surface area contributed by atoms with Crippen LogP contribution in [0.3, 0.4) is 0 Å². The highest BCUT2D eigenvalue weighted by Gasteiger charge is 2.49. The Labute approximate surface area is 349 Å². The fourth-order valence-electron chi connectivity index (χ4n) is 6.53. The average Bonchev–Trinajstić information content (AvgIpc) is 3.60. The van der Waals surface area contributed by atoms with Gasteiger partial charge >= 0.3 is 0 Å². The third-order valence-corrected chi connectivity index (χ3v) is 11.1. The third-order valence-electron chi connectivity index (χ3n) is 9.33. The number of alkyl halides is 2. The number of carbonyl (C=O) groups is 3. The Balaban J connectivity index is 1.39. The number of halogens is 4. The molecule has 1 saturated carbocycles. The van der Waals surface area contributed by atoms with Crippen LogP contribution in [0.4, 0.5) is 24.7 Å². The molecule has 5 rings (SSSR count). The Bertz CT molecular complexity index is 2120. The van der Waals surface area contributed by atoms with Gasteiger partial charge < -0.3 is 29.4 Å². The Morgan fingerprint density at radius 1 is 1.00 bits per heavy atom. The smallest absolute Gasteiger partial charge is 0.252 e. The number of sulfonamides is 1. The second-order valence-electron chi connectivity index (χ2n) is 13.7. The topological polar surface area (TPSA) is 210 Å². The summed E-state index contributed by atoms with van der Waals surface area (Å²) in [5, 5.41) is 20.7. The largest absolute Gasteiger partial charge is 0.394 e. The number of aromatic nitrogens is 1. The van der Waals surface area contributed by atoms with Crippen molar-refractivity contribution in [3.05, 3.63) is 82.8 Å². The second kappa shape index (κ2) is 21.7. The van der Waals surface area contributed by atoms with Crippen molar-refractivity contribution < 1.29 is 60.0 Å². The van der Waals surface area contributed by atoms with E-state index in [-0.39, 0.29) is 81.0 Å². The van der Waals surface area contributed by atoms with Crippen LogP contribution in [0.15, 0.2) is 65.7 Å². The summed E-state index contributed by atoms with van der Waals surface area (Å²) in [6, 6.07) is 8.74. The maximum atomic E-state index is 15.7. The standard InChI is InChI=1S/C39H44ClF3N6O10S/c40-32-4-2-1-3-31(32)36(37(52)47-28-23-39(42,43)24-28)48(38(53)33-5-6-35(51)49(33)34-19-26(25-44)7-8-45-34)29-20-27(41)21-30(22-29)60(54,55)46-9-11-56-13-15-58-17-18-59-16-14-57-12-10-50/h1-4,7-8,19-22,28,33,36,46,50H,5-6,9-18,23-24H2,(H,47,52). The van der Waals surface area contributed by atoms with E-state index in [1.54, 1.807) is 0 Å². The van der Waals surface area contributed by atoms with Gasteiger partial charge in [-0.05, 0) is 42.8 Å². The number of aliphatic hydroxyl groups is 1. The van der Waals surface area contributed by atoms with Crippen molar-refractivity contribution in [3.63, 3.8) is 0 Å². The number of nitrogens with zero attached hydrogens (tertiary/aromatic N) is 4. The van der Waals surface area contributed by atoms with Crippen LogP contribution in [0, 0.1) is 17.1 Å². The molecule has 3 amide bonds. The zero-order valence-electron chi connectivity index (χ0n) is 32.2. The Kier molecular flexibility index (Phi) is 16.8. The van der Waals surface area contributed by atoms with Crippen molar-refractivity contribution in [1.82, 2.24) is 15.0 Å². The number of anilines is 2. The Morgan fingerprint density at radius 2 is 1.65 bits per heavy atom. The van der Waals surface area contributed by atoms with Crippen LogP contribution >= 0.6 is 11.6 Å². The zero-order valence-corrected chi connectivity index (χ0v) is 33.8. The van der Waals surface area contributed by atoms with E-state index in [1.807, 2.05) is 6.07 Å². The third kappa shape index (κ3) is 12.4. The first-order valence-corrected chi connectivity index (χ1v) is 20.8. The maximum absolute atomic E-state index is 15.7. The van der Waals surface area contributed by atoms with Gasteiger partial charge in [0, 0.05) is 54.3 Å². The predicted octanol–water partition coefficient (Wildman–Crippen LogP) is 3.27. The number of amides is 3. The van der Waals surface area contributed by atoms with Crippen LogP contribution in [0.2, 0.25) is 5.02 Å². The van der Waals surface area contributed by atoms with Crippen LogP contribution in [0.1, 0.15) is 42.9 Å². The van der Waals surface area contributed by atoms with Gasteiger partial charge in [0.15, 0.2) is 0 Å². The number of aliphatic hydroxyl groups excluding tert-OH is 1. The SMILES string of the molecule is N#Cc1ccnc(N2C(=O)CCC2C(=O)N(c2cc(F)cc(S(=O)(=O)NCCOCCOCCOCCOCCO)c2)C(C(=O)NC2CC(F)(F)C2)c2ccccc2Cl)c1. The van der Waals surface area contributed by atoms with Gasteiger partial charge in [0.1, 0.15) is 23.7 Å². The molecule has 2 unspecified atom stereocenters. The van der Waals surface area contributed by atoms with Gasteiger partial charge in [-0.15, -0.1) is 0 Å². The summed E-state index contributed by atoms with van der Waals surface area (Å²) in [6.07, 6.45) is -0.392. The van der Waals surface area contributed by atoms with Crippen LogP contribution in [-0.2, 0) is 43.4 Å². The number of hydrogen-bond acceptors (Lipinski definition) is 12. The lowest BCUT2D eigenvalue weighted by molar-refractivity contribution is -0.133. The molecule has 21 heteroatoms. The summed E-state index contributed by atoms with van der Waals surface area (Å²) in [5.41, 5.74) is -0.327. The molecule has 2 aliphatic rings. The van der Waals surface area contributed by atoms with Crippen LogP contribution in [0.25, 0.3) is 0 Å². The van der Waals surface area contributed by atoms with Gasteiger partial charge in [0.2, 0.25) is 21.8 Å². The molecule has 2 heterocycles. The maximum Gasteiger partial charge on any atom is 0.252 e. The lowest BCUT2D eigenvalue weighted by atomic mass is 9.87. The second-order valence-corrected chi connectivity index (χ2v) is 15.8.